The molecule has 0 N–H and O–H groups in total. The number of halogens is 2. The van der Waals surface area contributed by atoms with Crippen LogP contribution in [0.25, 0.3) is 6.08 Å². The number of thiocarbonyl (C=S) groups is 1. The zero-order chi connectivity index (χ0) is 20.3. The van der Waals surface area contributed by atoms with Gasteiger partial charge in [-0.1, -0.05) is 47.7 Å². The highest BCUT2D eigenvalue weighted by Gasteiger charge is 2.28. The van der Waals surface area contributed by atoms with Gasteiger partial charge in [-0.3, -0.25) is 9.69 Å². The molecular formula is C20H17BrClNO3S2. The molecule has 8 heteroatoms. The van der Waals surface area contributed by atoms with Crippen LogP contribution in [0.2, 0.25) is 5.02 Å². The maximum Gasteiger partial charge on any atom is 0.265 e. The van der Waals surface area contributed by atoms with E-state index in [1.165, 1.54) is 16.7 Å². The van der Waals surface area contributed by atoms with Crippen molar-refractivity contribution < 1.29 is 14.3 Å². The molecule has 1 fully saturated rings. The van der Waals surface area contributed by atoms with E-state index >= 15 is 0 Å². The summed E-state index contributed by atoms with van der Waals surface area (Å²) in [6, 6.07) is 11.2. The Morgan fingerprint density at radius 1 is 1.25 bits per heavy atom. The Balaban J connectivity index is 1.86. The number of likely N-dealkylation sites (N-methyl/N-ethyl adjacent to an activating group) is 1. The van der Waals surface area contributed by atoms with Crippen LogP contribution in [0.1, 0.15) is 18.1 Å². The highest BCUT2D eigenvalue weighted by molar-refractivity contribution is 9.10. The van der Waals surface area contributed by atoms with Crippen LogP contribution < -0.4 is 9.47 Å². The van der Waals surface area contributed by atoms with Crippen molar-refractivity contribution in [1.82, 2.24) is 4.90 Å². The molecule has 146 valence electrons. The van der Waals surface area contributed by atoms with E-state index in [-0.39, 0.29) is 5.91 Å². The third-order valence-corrected chi connectivity index (χ3v) is 6.24. The van der Waals surface area contributed by atoms with Gasteiger partial charge < -0.3 is 9.47 Å². The molecule has 1 aliphatic heterocycles. The van der Waals surface area contributed by atoms with Gasteiger partial charge in [0.05, 0.1) is 16.0 Å². The lowest BCUT2D eigenvalue weighted by Gasteiger charge is -2.15. The minimum Gasteiger partial charge on any atom is -0.490 e. The maximum atomic E-state index is 12.2. The Labute approximate surface area is 187 Å². The molecule has 1 aliphatic rings. The van der Waals surface area contributed by atoms with E-state index in [0.717, 1.165) is 15.6 Å². The van der Waals surface area contributed by atoms with Crippen molar-refractivity contribution >= 4 is 67.8 Å². The molecule has 0 atom stereocenters. The van der Waals surface area contributed by atoms with E-state index in [2.05, 4.69) is 15.9 Å². The molecular weight excluding hydrogens is 482 g/mol. The molecule has 2 aromatic carbocycles. The van der Waals surface area contributed by atoms with Gasteiger partial charge in [-0.05, 0) is 64.3 Å². The molecule has 28 heavy (non-hydrogen) atoms. The first-order valence-corrected chi connectivity index (χ1v) is 10.8. The minimum atomic E-state index is -0.104. The third-order valence-electron chi connectivity index (χ3n) is 3.91. The predicted molar refractivity (Wildman–Crippen MR) is 122 cm³/mol. The molecule has 1 amide bonds. The van der Waals surface area contributed by atoms with E-state index in [1.54, 1.807) is 13.1 Å². The van der Waals surface area contributed by atoms with Crippen molar-refractivity contribution in [2.45, 2.75) is 13.5 Å². The summed E-state index contributed by atoms with van der Waals surface area (Å²) < 4.78 is 13.0. The highest BCUT2D eigenvalue weighted by atomic mass is 79.9. The lowest BCUT2D eigenvalue weighted by molar-refractivity contribution is -0.121. The smallest absolute Gasteiger partial charge is 0.265 e. The third kappa shape index (κ3) is 4.89. The minimum absolute atomic E-state index is 0.104. The van der Waals surface area contributed by atoms with Gasteiger partial charge in [0, 0.05) is 12.1 Å². The van der Waals surface area contributed by atoms with Crippen LogP contribution in [0.4, 0.5) is 0 Å². The number of amides is 1. The van der Waals surface area contributed by atoms with Crippen LogP contribution in [0.5, 0.6) is 11.5 Å². The fourth-order valence-corrected chi connectivity index (χ4v) is 4.39. The lowest BCUT2D eigenvalue weighted by Crippen LogP contribution is -2.22. The predicted octanol–water partition coefficient (Wildman–Crippen LogP) is 5.91. The summed E-state index contributed by atoms with van der Waals surface area (Å²) in [5.41, 5.74) is 1.82. The number of carbonyl (C=O) groups is 1. The number of rotatable bonds is 6. The molecule has 1 saturated heterocycles. The summed E-state index contributed by atoms with van der Waals surface area (Å²) in [6.07, 6.45) is 1.80. The molecule has 0 spiro atoms. The first-order valence-electron chi connectivity index (χ1n) is 8.44. The maximum absolute atomic E-state index is 12.2. The van der Waals surface area contributed by atoms with Crippen LogP contribution in [-0.2, 0) is 11.4 Å². The van der Waals surface area contributed by atoms with Gasteiger partial charge in [0.15, 0.2) is 11.5 Å². The summed E-state index contributed by atoms with van der Waals surface area (Å²) in [4.78, 5) is 14.3. The quantitative estimate of drug-likeness (QED) is 0.366. The Bertz CT molecular complexity index is 947. The normalized spacial score (nSPS) is 15.4. The number of hydrogen-bond donors (Lipinski definition) is 0. The number of hydrogen-bond acceptors (Lipinski definition) is 5. The van der Waals surface area contributed by atoms with E-state index in [0.29, 0.717) is 39.0 Å². The SMILES string of the molecule is CCOc1cc(/C=C2\SC(=S)N(C)C2=O)cc(Br)c1OCc1ccc(Cl)cc1. The molecule has 3 rings (SSSR count). The molecule has 0 bridgehead atoms. The van der Waals surface area contributed by atoms with Gasteiger partial charge in [-0.25, -0.2) is 0 Å². The van der Waals surface area contributed by atoms with E-state index in [9.17, 15) is 4.79 Å². The molecule has 0 unspecified atom stereocenters. The first kappa shape index (κ1) is 21.2. The van der Waals surface area contributed by atoms with Crippen molar-refractivity contribution in [3.05, 3.63) is 61.9 Å². The van der Waals surface area contributed by atoms with Crippen molar-refractivity contribution in [2.75, 3.05) is 13.7 Å². The van der Waals surface area contributed by atoms with Gasteiger partial charge in [-0.15, -0.1) is 0 Å². The highest BCUT2D eigenvalue weighted by Crippen LogP contribution is 2.39. The Hall–Kier alpha value is -1.54. The number of carbonyl (C=O) groups excluding carboxylic acids is 1. The lowest BCUT2D eigenvalue weighted by atomic mass is 10.1. The summed E-state index contributed by atoms with van der Waals surface area (Å²) in [7, 11) is 1.67. The monoisotopic (exact) mass is 497 g/mol. The van der Waals surface area contributed by atoms with Crippen LogP contribution in [-0.4, -0.2) is 28.8 Å². The van der Waals surface area contributed by atoms with E-state index in [4.69, 9.17) is 33.3 Å². The topological polar surface area (TPSA) is 38.8 Å². The van der Waals surface area contributed by atoms with Crippen molar-refractivity contribution in [2.24, 2.45) is 0 Å². The number of benzene rings is 2. The number of nitrogens with zero attached hydrogens (tertiary/aromatic N) is 1. The molecule has 4 nitrogen and oxygen atoms in total. The van der Waals surface area contributed by atoms with Gasteiger partial charge in [0.25, 0.3) is 5.91 Å². The van der Waals surface area contributed by atoms with Gasteiger partial charge in [-0.2, -0.15) is 0 Å². The Morgan fingerprint density at radius 2 is 1.96 bits per heavy atom. The molecule has 0 aromatic heterocycles. The average Bonchev–Trinajstić information content (AvgIpc) is 2.89. The average molecular weight is 499 g/mol. The summed E-state index contributed by atoms with van der Waals surface area (Å²) in [5, 5.41) is 0.682. The van der Waals surface area contributed by atoms with E-state index in [1.807, 2.05) is 43.3 Å². The molecule has 0 radical (unpaired) electrons. The van der Waals surface area contributed by atoms with E-state index < -0.39 is 0 Å². The van der Waals surface area contributed by atoms with Crippen molar-refractivity contribution in [3.8, 4) is 11.5 Å². The van der Waals surface area contributed by atoms with Crippen LogP contribution >= 0.6 is 51.5 Å². The number of ether oxygens (including phenoxy) is 2. The van der Waals surface area contributed by atoms with Gasteiger partial charge in [0.1, 0.15) is 10.9 Å². The molecule has 1 heterocycles. The second-order valence-electron chi connectivity index (χ2n) is 5.92. The summed E-state index contributed by atoms with van der Waals surface area (Å²) in [5.74, 6) is 1.10. The van der Waals surface area contributed by atoms with Crippen LogP contribution in [0, 0.1) is 0 Å². The Kier molecular flexibility index (Phi) is 7.04. The van der Waals surface area contributed by atoms with Crippen molar-refractivity contribution in [3.63, 3.8) is 0 Å². The second kappa shape index (κ2) is 9.31. The molecule has 0 saturated carbocycles. The molecule has 0 aliphatic carbocycles. The first-order chi connectivity index (χ1) is 13.4. The summed E-state index contributed by atoms with van der Waals surface area (Å²) >= 11 is 15.9. The number of thioether (sulfide) groups is 1. The standard InChI is InChI=1S/C20H17BrClNO3S2/c1-3-25-16-9-13(10-17-19(24)23(2)20(27)28-17)8-15(21)18(16)26-11-12-4-6-14(22)7-5-12/h4-10H,3,11H2,1-2H3/b17-10-. The van der Waals surface area contributed by atoms with Gasteiger partial charge in [0.2, 0.25) is 0 Å². The molecule has 2 aromatic rings. The fourth-order valence-electron chi connectivity index (χ4n) is 2.51. The Morgan fingerprint density at radius 3 is 2.57 bits per heavy atom. The summed E-state index contributed by atoms with van der Waals surface area (Å²) in [6.45, 7) is 2.78. The van der Waals surface area contributed by atoms with Crippen molar-refractivity contribution in [1.29, 1.82) is 0 Å². The van der Waals surface area contributed by atoms with Crippen LogP contribution in [0.3, 0.4) is 0 Å². The largest absolute Gasteiger partial charge is 0.490 e. The van der Waals surface area contributed by atoms with Crippen LogP contribution in [0.15, 0.2) is 45.8 Å². The zero-order valence-corrected chi connectivity index (χ0v) is 19.2. The van der Waals surface area contributed by atoms with Gasteiger partial charge >= 0.3 is 0 Å². The zero-order valence-electron chi connectivity index (χ0n) is 15.2. The second-order valence-corrected chi connectivity index (χ2v) is 8.89. The fraction of sp³-hybridized carbons (Fsp3) is 0.200.